The fourth-order valence-corrected chi connectivity index (χ4v) is 4.81. The van der Waals surface area contributed by atoms with Gasteiger partial charge < -0.3 is 14.4 Å². The van der Waals surface area contributed by atoms with Crippen molar-refractivity contribution in [2.75, 3.05) is 29.6 Å². The fourth-order valence-electron chi connectivity index (χ4n) is 4.30. The van der Waals surface area contributed by atoms with Crippen molar-refractivity contribution in [3.63, 3.8) is 0 Å². The molecule has 0 N–H and O–H groups in total. The Balaban J connectivity index is 1.84. The third-order valence-corrected chi connectivity index (χ3v) is 6.52. The van der Waals surface area contributed by atoms with Crippen LogP contribution in [0.2, 0.25) is 0 Å². The van der Waals surface area contributed by atoms with Crippen molar-refractivity contribution in [2.24, 2.45) is 0 Å². The summed E-state index contributed by atoms with van der Waals surface area (Å²) in [5, 5.41) is 0. The van der Waals surface area contributed by atoms with Crippen LogP contribution in [0, 0.1) is 13.8 Å². The number of benzene rings is 2. The molecule has 2 heterocycles. The van der Waals surface area contributed by atoms with Crippen LogP contribution < -0.4 is 14.5 Å². The quantitative estimate of drug-likeness (QED) is 0.582. The van der Waals surface area contributed by atoms with E-state index < -0.39 is 0 Å². The number of halogens is 1. The van der Waals surface area contributed by atoms with Gasteiger partial charge in [-0.3, -0.25) is 9.69 Å². The lowest BCUT2D eigenvalue weighted by molar-refractivity contribution is 0.0978. The van der Waals surface area contributed by atoms with Crippen molar-refractivity contribution in [3.05, 3.63) is 51.0 Å². The first-order valence-corrected chi connectivity index (χ1v) is 11.5. The molecule has 2 aromatic rings. The summed E-state index contributed by atoms with van der Waals surface area (Å²) < 4.78 is 12.0. The molecule has 0 aliphatic carbocycles. The Morgan fingerprint density at radius 1 is 1.13 bits per heavy atom. The zero-order valence-corrected chi connectivity index (χ0v) is 19.9. The van der Waals surface area contributed by atoms with Crippen LogP contribution in [0.15, 0.2) is 28.7 Å². The van der Waals surface area contributed by atoms with Crippen LogP contribution in [0.25, 0.3) is 0 Å². The van der Waals surface area contributed by atoms with Crippen molar-refractivity contribution in [1.29, 1.82) is 0 Å². The van der Waals surface area contributed by atoms with Crippen LogP contribution in [-0.2, 0) is 11.2 Å². The van der Waals surface area contributed by atoms with Crippen LogP contribution in [0.4, 0.5) is 16.2 Å². The topological polar surface area (TPSA) is 59.1 Å². The van der Waals surface area contributed by atoms with Crippen molar-refractivity contribution in [2.45, 2.75) is 46.6 Å². The lowest BCUT2D eigenvalue weighted by atomic mass is 9.99. The second-order valence-electron chi connectivity index (χ2n) is 8.01. The number of hydrogen-bond acceptors (Lipinski definition) is 4. The minimum Gasteiger partial charge on any atom is -0.492 e. The maximum absolute atomic E-state index is 13.8. The Labute approximate surface area is 191 Å². The monoisotopic (exact) mass is 486 g/mol. The number of anilines is 2. The van der Waals surface area contributed by atoms with E-state index in [-0.39, 0.29) is 18.0 Å². The van der Waals surface area contributed by atoms with E-state index in [1.165, 1.54) is 0 Å². The van der Waals surface area contributed by atoms with Crippen molar-refractivity contribution >= 4 is 39.3 Å². The summed E-state index contributed by atoms with van der Waals surface area (Å²) in [6.07, 6.45) is 1.11. The summed E-state index contributed by atoms with van der Waals surface area (Å²) in [4.78, 5) is 30.2. The van der Waals surface area contributed by atoms with E-state index in [9.17, 15) is 9.59 Å². The van der Waals surface area contributed by atoms with E-state index in [1.807, 2.05) is 45.0 Å². The van der Waals surface area contributed by atoms with Gasteiger partial charge in [0.25, 0.3) is 5.91 Å². The van der Waals surface area contributed by atoms with E-state index in [0.29, 0.717) is 43.2 Å². The molecule has 0 aromatic heterocycles. The number of carbonyl (C=O) groups is 2. The Morgan fingerprint density at radius 3 is 2.52 bits per heavy atom. The molecular formula is C24H27BrN2O4. The van der Waals surface area contributed by atoms with Gasteiger partial charge in [-0.25, -0.2) is 4.79 Å². The molecule has 31 heavy (non-hydrogen) atoms. The van der Waals surface area contributed by atoms with Crippen LogP contribution in [-0.4, -0.2) is 37.8 Å². The zero-order valence-electron chi connectivity index (χ0n) is 18.3. The average Bonchev–Trinajstić information content (AvgIpc) is 3.21. The fraction of sp³-hybridized carbons (Fsp3) is 0.417. The van der Waals surface area contributed by atoms with Crippen LogP contribution in [0.5, 0.6) is 5.75 Å². The molecule has 0 bridgehead atoms. The Hall–Kier alpha value is -2.54. The minimum atomic E-state index is -0.377. The van der Waals surface area contributed by atoms with Gasteiger partial charge in [-0.1, -0.05) is 22.9 Å². The highest BCUT2D eigenvalue weighted by Gasteiger charge is 2.39. The van der Waals surface area contributed by atoms with Gasteiger partial charge in [-0.15, -0.1) is 0 Å². The van der Waals surface area contributed by atoms with E-state index in [4.69, 9.17) is 9.47 Å². The molecule has 6 nitrogen and oxygen atoms in total. The molecule has 1 atom stereocenters. The maximum atomic E-state index is 13.8. The molecule has 0 saturated heterocycles. The molecule has 0 spiro atoms. The second kappa shape index (κ2) is 8.54. The summed E-state index contributed by atoms with van der Waals surface area (Å²) in [6.45, 7) is 9.12. The Morgan fingerprint density at radius 2 is 1.84 bits per heavy atom. The maximum Gasteiger partial charge on any atom is 0.414 e. The Bertz CT molecular complexity index is 1050. The van der Waals surface area contributed by atoms with Crippen LogP contribution in [0.1, 0.15) is 47.3 Å². The summed E-state index contributed by atoms with van der Waals surface area (Å²) in [7, 11) is 0. The van der Waals surface area contributed by atoms with E-state index in [2.05, 4.69) is 15.9 Å². The third kappa shape index (κ3) is 3.80. The van der Waals surface area contributed by atoms with Gasteiger partial charge in [-0.2, -0.15) is 0 Å². The normalized spacial score (nSPS) is 17.1. The molecular weight excluding hydrogens is 460 g/mol. The molecule has 1 unspecified atom stereocenters. The number of ether oxygens (including phenoxy) is 2. The molecule has 0 saturated carbocycles. The highest BCUT2D eigenvalue weighted by atomic mass is 79.9. The first-order chi connectivity index (χ1) is 14.8. The molecule has 164 valence electrons. The molecule has 7 heteroatoms. The number of fused-ring (bicyclic) bond motifs is 2. The number of carbonyl (C=O) groups excluding carboxylic acids is 2. The van der Waals surface area contributed by atoms with Crippen molar-refractivity contribution in [3.8, 4) is 5.75 Å². The first kappa shape index (κ1) is 21.7. The Kier molecular flexibility index (Phi) is 5.97. The number of hydrogen-bond donors (Lipinski definition) is 0. The number of rotatable bonds is 3. The summed E-state index contributed by atoms with van der Waals surface area (Å²) in [5.74, 6) is 0.547. The molecule has 2 aliphatic rings. The van der Waals surface area contributed by atoms with Gasteiger partial charge in [-0.05, 0) is 68.1 Å². The number of amides is 2. The second-order valence-corrected chi connectivity index (χ2v) is 8.93. The lowest BCUT2D eigenvalue weighted by Gasteiger charge is -2.42. The van der Waals surface area contributed by atoms with Crippen LogP contribution in [0.3, 0.4) is 0 Å². The third-order valence-electron chi connectivity index (χ3n) is 6.06. The highest BCUT2D eigenvalue weighted by molar-refractivity contribution is 9.10. The summed E-state index contributed by atoms with van der Waals surface area (Å²) in [6, 6.07) is 7.62. The largest absolute Gasteiger partial charge is 0.492 e. The highest BCUT2D eigenvalue weighted by Crippen LogP contribution is 2.41. The summed E-state index contributed by atoms with van der Waals surface area (Å²) >= 11 is 3.54. The van der Waals surface area contributed by atoms with E-state index >= 15 is 0 Å². The first-order valence-electron chi connectivity index (χ1n) is 10.7. The molecule has 0 radical (unpaired) electrons. The molecule has 2 aliphatic heterocycles. The molecule has 2 aromatic carbocycles. The lowest BCUT2D eigenvalue weighted by Crippen LogP contribution is -2.53. The van der Waals surface area contributed by atoms with Crippen LogP contribution >= 0.6 is 15.9 Å². The number of nitrogens with zero attached hydrogens (tertiary/aromatic N) is 2. The smallest absolute Gasteiger partial charge is 0.414 e. The minimum absolute atomic E-state index is 0.120. The van der Waals surface area contributed by atoms with E-state index in [0.717, 1.165) is 33.3 Å². The molecule has 0 fully saturated rings. The van der Waals surface area contributed by atoms with Gasteiger partial charge in [0, 0.05) is 17.4 Å². The van der Waals surface area contributed by atoms with Gasteiger partial charge >= 0.3 is 6.09 Å². The van der Waals surface area contributed by atoms with Gasteiger partial charge in [0.2, 0.25) is 0 Å². The molecule has 4 rings (SSSR count). The standard InChI is InChI=1S/C24H27BrN2O4/c1-5-18-13-26(23(28)19-12-17(25)11-16-7-8-31-22(16)19)20-9-14(3)15(4)10-21(20)27(18)24(29)30-6-2/h9-12,18H,5-8,13H2,1-4H3. The van der Waals surface area contributed by atoms with E-state index in [1.54, 1.807) is 16.7 Å². The zero-order chi connectivity index (χ0) is 22.3. The van der Waals surface area contributed by atoms with Gasteiger partial charge in [0.05, 0.1) is 36.2 Å². The van der Waals surface area contributed by atoms with Gasteiger partial charge in [0.15, 0.2) is 0 Å². The number of aryl methyl sites for hydroxylation is 2. The van der Waals surface area contributed by atoms with Gasteiger partial charge in [0.1, 0.15) is 5.75 Å². The predicted molar refractivity (Wildman–Crippen MR) is 125 cm³/mol. The van der Waals surface area contributed by atoms with Crippen molar-refractivity contribution in [1.82, 2.24) is 0 Å². The SMILES string of the molecule is CCOC(=O)N1c2cc(C)c(C)cc2N(C(=O)c2cc(Br)cc3c2OCC3)CC1CC. The summed E-state index contributed by atoms with van der Waals surface area (Å²) in [5.41, 5.74) is 5.13. The predicted octanol–water partition coefficient (Wildman–Crippen LogP) is 5.40. The molecule has 2 amide bonds. The van der Waals surface area contributed by atoms with Crippen molar-refractivity contribution < 1.29 is 19.1 Å². The average molecular weight is 487 g/mol.